The Kier molecular flexibility index (Phi) is 7.00. The minimum absolute atomic E-state index is 0. The molecule has 5 heteroatoms. The fourth-order valence-electron chi connectivity index (χ4n) is 2.62. The molecule has 0 aromatic heterocycles. The lowest BCUT2D eigenvalue weighted by Gasteiger charge is -2.27. The molecule has 1 saturated heterocycles. The summed E-state index contributed by atoms with van der Waals surface area (Å²) >= 11 is 3.46. The van der Waals surface area contributed by atoms with E-state index in [2.05, 4.69) is 21.2 Å². The molecule has 3 nitrogen and oxygen atoms in total. The third-order valence-electron chi connectivity index (χ3n) is 3.70. The minimum Gasteiger partial charge on any atom is -0.339 e. The second-order valence-electron chi connectivity index (χ2n) is 5.27. The molecule has 0 bridgehead atoms. The Morgan fingerprint density at radius 1 is 1.30 bits per heavy atom. The zero-order valence-corrected chi connectivity index (χ0v) is 14.4. The van der Waals surface area contributed by atoms with Gasteiger partial charge in [0, 0.05) is 23.1 Å². The molecular weight excluding hydrogens is 340 g/mol. The van der Waals surface area contributed by atoms with Gasteiger partial charge in [0.1, 0.15) is 0 Å². The number of hydrogen-bond donors (Lipinski definition) is 1. The third kappa shape index (κ3) is 4.47. The van der Waals surface area contributed by atoms with E-state index in [1.807, 2.05) is 37.1 Å². The molecule has 1 atom stereocenters. The highest BCUT2D eigenvalue weighted by Crippen LogP contribution is 2.19. The van der Waals surface area contributed by atoms with Crippen molar-refractivity contribution in [1.29, 1.82) is 0 Å². The molecule has 0 aliphatic carbocycles. The number of amides is 1. The first-order valence-corrected chi connectivity index (χ1v) is 7.62. The normalized spacial score (nSPS) is 18.9. The number of nitrogens with one attached hydrogen (secondary N) is 1. The van der Waals surface area contributed by atoms with Gasteiger partial charge in [0.15, 0.2) is 0 Å². The number of carbonyl (C=O) groups excluding carboxylic acids is 1. The monoisotopic (exact) mass is 360 g/mol. The van der Waals surface area contributed by atoms with Crippen LogP contribution in [0, 0.1) is 6.92 Å². The summed E-state index contributed by atoms with van der Waals surface area (Å²) in [7, 11) is 1.93. The zero-order valence-electron chi connectivity index (χ0n) is 12.0. The summed E-state index contributed by atoms with van der Waals surface area (Å²) in [6.07, 6.45) is 3.26. The molecule has 1 N–H and O–H groups in total. The summed E-state index contributed by atoms with van der Waals surface area (Å²) in [5.74, 6) is 0.122. The number of benzene rings is 1. The molecule has 112 valence electrons. The molecule has 1 unspecified atom stereocenters. The number of rotatable bonds is 2. The highest BCUT2D eigenvalue weighted by Gasteiger charge is 2.22. The second kappa shape index (κ2) is 8.01. The van der Waals surface area contributed by atoms with E-state index in [0.29, 0.717) is 6.04 Å². The van der Waals surface area contributed by atoms with Crippen LogP contribution in [0.3, 0.4) is 0 Å². The van der Waals surface area contributed by atoms with Crippen LogP contribution < -0.4 is 5.32 Å². The predicted molar refractivity (Wildman–Crippen MR) is 88.7 cm³/mol. The first kappa shape index (κ1) is 17.5. The Morgan fingerprint density at radius 3 is 2.75 bits per heavy atom. The minimum atomic E-state index is 0. The van der Waals surface area contributed by atoms with Gasteiger partial charge in [-0.2, -0.15) is 0 Å². The molecule has 0 spiro atoms. The van der Waals surface area contributed by atoms with Crippen molar-refractivity contribution >= 4 is 34.2 Å². The number of carbonyl (C=O) groups is 1. The maximum Gasteiger partial charge on any atom is 0.253 e. The first-order valence-electron chi connectivity index (χ1n) is 6.83. The van der Waals surface area contributed by atoms with Gasteiger partial charge in [-0.3, -0.25) is 4.79 Å². The van der Waals surface area contributed by atoms with Gasteiger partial charge in [-0.25, -0.2) is 0 Å². The summed E-state index contributed by atoms with van der Waals surface area (Å²) in [6.45, 7) is 4.07. The molecule has 1 amide bonds. The average molecular weight is 362 g/mol. The Labute approximate surface area is 135 Å². The summed E-state index contributed by atoms with van der Waals surface area (Å²) in [6, 6.07) is 6.23. The predicted octanol–water partition coefficient (Wildman–Crippen LogP) is 3.39. The van der Waals surface area contributed by atoms with Gasteiger partial charge in [0.25, 0.3) is 5.91 Å². The van der Waals surface area contributed by atoms with Gasteiger partial charge < -0.3 is 10.2 Å². The molecule has 2 rings (SSSR count). The van der Waals surface area contributed by atoms with Crippen LogP contribution in [0.15, 0.2) is 22.7 Å². The van der Waals surface area contributed by atoms with Crippen molar-refractivity contribution < 1.29 is 4.79 Å². The molecule has 1 aromatic rings. The van der Waals surface area contributed by atoms with Crippen LogP contribution in [0.4, 0.5) is 0 Å². The van der Waals surface area contributed by atoms with Gasteiger partial charge in [-0.15, -0.1) is 12.4 Å². The smallest absolute Gasteiger partial charge is 0.253 e. The topological polar surface area (TPSA) is 32.3 Å². The molecule has 1 aliphatic heterocycles. The largest absolute Gasteiger partial charge is 0.339 e. The van der Waals surface area contributed by atoms with Crippen LogP contribution >= 0.6 is 28.3 Å². The Bertz CT molecular complexity index is 439. The number of halogens is 2. The SMILES string of the molecule is Cc1cc(Br)cc(C(=O)N(C)C2CCCNCC2)c1.Cl. The molecule has 0 radical (unpaired) electrons. The maximum absolute atomic E-state index is 12.5. The van der Waals surface area contributed by atoms with Crippen molar-refractivity contribution in [2.24, 2.45) is 0 Å². The van der Waals surface area contributed by atoms with Crippen molar-refractivity contribution in [3.63, 3.8) is 0 Å². The molecule has 20 heavy (non-hydrogen) atoms. The van der Waals surface area contributed by atoms with Crippen molar-refractivity contribution in [1.82, 2.24) is 10.2 Å². The second-order valence-corrected chi connectivity index (χ2v) is 6.18. The molecule has 1 aromatic carbocycles. The lowest BCUT2D eigenvalue weighted by atomic mass is 10.1. The van der Waals surface area contributed by atoms with Crippen LogP contribution in [-0.4, -0.2) is 37.0 Å². The van der Waals surface area contributed by atoms with E-state index in [-0.39, 0.29) is 18.3 Å². The lowest BCUT2D eigenvalue weighted by Crippen LogP contribution is -2.37. The quantitative estimate of drug-likeness (QED) is 0.875. The van der Waals surface area contributed by atoms with E-state index in [9.17, 15) is 4.79 Å². The van der Waals surface area contributed by atoms with Crippen LogP contribution in [0.25, 0.3) is 0 Å². The standard InChI is InChI=1S/C15H21BrN2O.ClH/c1-11-8-12(10-13(16)9-11)15(19)18(2)14-4-3-6-17-7-5-14;/h8-10,14,17H,3-7H2,1-2H3;1H. The summed E-state index contributed by atoms with van der Waals surface area (Å²) in [5, 5.41) is 3.38. The van der Waals surface area contributed by atoms with Crippen molar-refractivity contribution in [3.8, 4) is 0 Å². The van der Waals surface area contributed by atoms with Crippen molar-refractivity contribution in [2.75, 3.05) is 20.1 Å². The van der Waals surface area contributed by atoms with Crippen molar-refractivity contribution in [3.05, 3.63) is 33.8 Å². The Morgan fingerprint density at radius 2 is 2.05 bits per heavy atom. The summed E-state index contributed by atoms with van der Waals surface area (Å²) in [5.41, 5.74) is 1.88. The van der Waals surface area contributed by atoms with Crippen LogP contribution in [-0.2, 0) is 0 Å². The van der Waals surface area contributed by atoms with E-state index >= 15 is 0 Å². The first-order chi connectivity index (χ1) is 9.08. The zero-order chi connectivity index (χ0) is 13.8. The van der Waals surface area contributed by atoms with Gasteiger partial charge in [0.05, 0.1) is 0 Å². The fourth-order valence-corrected chi connectivity index (χ4v) is 3.22. The van der Waals surface area contributed by atoms with Gasteiger partial charge in [-0.1, -0.05) is 15.9 Å². The van der Waals surface area contributed by atoms with Gasteiger partial charge in [0.2, 0.25) is 0 Å². The van der Waals surface area contributed by atoms with Crippen LogP contribution in [0.1, 0.15) is 35.2 Å². The van der Waals surface area contributed by atoms with E-state index in [1.54, 1.807) is 0 Å². The van der Waals surface area contributed by atoms with Gasteiger partial charge in [-0.05, 0) is 63.0 Å². The van der Waals surface area contributed by atoms with E-state index in [4.69, 9.17) is 0 Å². The Hall–Kier alpha value is -0.580. The Balaban J connectivity index is 0.00000200. The number of hydrogen-bond acceptors (Lipinski definition) is 2. The molecule has 0 saturated carbocycles. The molecular formula is C15H22BrClN2O. The number of aryl methyl sites for hydroxylation is 1. The van der Waals surface area contributed by atoms with Gasteiger partial charge >= 0.3 is 0 Å². The summed E-state index contributed by atoms with van der Waals surface area (Å²) < 4.78 is 0.965. The van der Waals surface area contributed by atoms with Crippen LogP contribution in [0.2, 0.25) is 0 Å². The fraction of sp³-hybridized carbons (Fsp3) is 0.533. The highest BCUT2D eigenvalue weighted by molar-refractivity contribution is 9.10. The van der Waals surface area contributed by atoms with Crippen LogP contribution in [0.5, 0.6) is 0 Å². The number of nitrogens with zero attached hydrogens (tertiary/aromatic N) is 1. The molecule has 1 heterocycles. The highest BCUT2D eigenvalue weighted by atomic mass is 79.9. The lowest BCUT2D eigenvalue weighted by molar-refractivity contribution is 0.0720. The van der Waals surface area contributed by atoms with Crippen molar-refractivity contribution in [2.45, 2.75) is 32.2 Å². The third-order valence-corrected chi connectivity index (χ3v) is 4.16. The van der Waals surface area contributed by atoms with E-state index in [0.717, 1.165) is 48.0 Å². The summed E-state index contributed by atoms with van der Waals surface area (Å²) in [4.78, 5) is 14.5. The molecule has 1 aliphatic rings. The molecule has 1 fully saturated rings. The van der Waals surface area contributed by atoms with E-state index in [1.165, 1.54) is 0 Å². The average Bonchev–Trinajstić information content (AvgIpc) is 2.64. The maximum atomic E-state index is 12.5. The van der Waals surface area contributed by atoms with E-state index < -0.39 is 0 Å².